The van der Waals surface area contributed by atoms with E-state index >= 15 is 0 Å². The molecule has 1 aromatic carbocycles. The number of hydrogen-bond acceptors (Lipinski definition) is 2. The minimum Gasteiger partial charge on any atom is -0.379 e. The summed E-state index contributed by atoms with van der Waals surface area (Å²) in [6.07, 6.45) is 0. The monoisotopic (exact) mass is 191 g/mol. The van der Waals surface area contributed by atoms with Gasteiger partial charge in [-0.3, -0.25) is 0 Å². The Hall–Kier alpha value is -0.860. The lowest BCUT2D eigenvalue weighted by molar-refractivity contribution is -0.0585. The van der Waals surface area contributed by atoms with Crippen LogP contribution in [0.25, 0.3) is 0 Å². The van der Waals surface area contributed by atoms with Crippen molar-refractivity contribution in [1.82, 2.24) is 5.32 Å². The maximum atomic E-state index is 5.36. The Morgan fingerprint density at radius 1 is 1.36 bits per heavy atom. The molecule has 0 saturated carbocycles. The molecule has 0 radical (unpaired) electrons. The average molecular weight is 191 g/mol. The van der Waals surface area contributed by atoms with Crippen molar-refractivity contribution in [3.63, 3.8) is 0 Å². The van der Waals surface area contributed by atoms with Gasteiger partial charge in [-0.1, -0.05) is 24.3 Å². The van der Waals surface area contributed by atoms with E-state index in [4.69, 9.17) is 4.74 Å². The SMILES string of the molecule is CNCC1(c2ccccc2C)COC1. The lowest BCUT2D eigenvalue weighted by Gasteiger charge is -2.42. The summed E-state index contributed by atoms with van der Waals surface area (Å²) >= 11 is 0. The van der Waals surface area contributed by atoms with Crippen molar-refractivity contribution in [3.8, 4) is 0 Å². The van der Waals surface area contributed by atoms with Crippen LogP contribution >= 0.6 is 0 Å². The van der Waals surface area contributed by atoms with E-state index in [1.165, 1.54) is 11.1 Å². The maximum absolute atomic E-state index is 5.36. The first-order valence-corrected chi connectivity index (χ1v) is 5.07. The number of aryl methyl sites for hydroxylation is 1. The summed E-state index contributed by atoms with van der Waals surface area (Å²) in [4.78, 5) is 0. The topological polar surface area (TPSA) is 21.3 Å². The maximum Gasteiger partial charge on any atom is 0.0598 e. The van der Waals surface area contributed by atoms with E-state index in [2.05, 4.69) is 36.5 Å². The highest BCUT2D eigenvalue weighted by Gasteiger charge is 2.40. The Labute approximate surface area is 85.3 Å². The zero-order chi connectivity index (χ0) is 10.0. The third-order valence-corrected chi connectivity index (χ3v) is 2.99. The zero-order valence-corrected chi connectivity index (χ0v) is 8.84. The van der Waals surface area contributed by atoms with E-state index in [1.54, 1.807) is 0 Å². The Morgan fingerprint density at radius 3 is 2.57 bits per heavy atom. The van der Waals surface area contributed by atoms with E-state index < -0.39 is 0 Å². The lowest BCUT2D eigenvalue weighted by atomic mass is 9.76. The van der Waals surface area contributed by atoms with Crippen LogP contribution in [0.3, 0.4) is 0 Å². The second kappa shape index (κ2) is 3.71. The fourth-order valence-electron chi connectivity index (χ4n) is 2.21. The molecule has 76 valence electrons. The lowest BCUT2D eigenvalue weighted by Crippen LogP contribution is -2.53. The van der Waals surface area contributed by atoms with Gasteiger partial charge in [0.1, 0.15) is 0 Å². The number of likely N-dealkylation sites (N-methyl/N-ethyl adjacent to an activating group) is 1. The highest BCUT2D eigenvalue weighted by atomic mass is 16.5. The summed E-state index contributed by atoms with van der Waals surface area (Å²) in [5, 5.41) is 3.26. The van der Waals surface area contributed by atoms with Crippen molar-refractivity contribution in [1.29, 1.82) is 0 Å². The van der Waals surface area contributed by atoms with Gasteiger partial charge in [0, 0.05) is 6.54 Å². The minimum atomic E-state index is 0.222. The van der Waals surface area contributed by atoms with E-state index in [0.717, 1.165) is 19.8 Å². The fourth-order valence-corrected chi connectivity index (χ4v) is 2.21. The van der Waals surface area contributed by atoms with E-state index in [9.17, 15) is 0 Å². The van der Waals surface area contributed by atoms with Crippen LogP contribution in [-0.2, 0) is 10.2 Å². The molecule has 1 aromatic rings. The Bertz CT molecular complexity index is 318. The van der Waals surface area contributed by atoms with Crippen LogP contribution in [0.4, 0.5) is 0 Å². The molecule has 14 heavy (non-hydrogen) atoms. The normalized spacial score (nSPS) is 19.0. The molecule has 1 aliphatic heterocycles. The Balaban J connectivity index is 2.32. The summed E-state index contributed by atoms with van der Waals surface area (Å²) in [6.45, 7) is 4.86. The van der Waals surface area contributed by atoms with Crippen LogP contribution in [-0.4, -0.2) is 26.8 Å². The zero-order valence-electron chi connectivity index (χ0n) is 8.84. The molecular formula is C12H17NO. The summed E-state index contributed by atoms with van der Waals surface area (Å²) in [6, 6.07) is 8.59. The summed E-state index contributed by atoms with van der Waals surface area (Å²) in [5.41, 5.74) is 3.02. The van der Waals surface area contributed by atoms with Gasteiger partial charge in [0.2, 0.25) is 0 Å². The number of ether oxygens (including phenoxy) is 1. The largest absolute Gasteiger partial charge is 0.379 e. The highest BCUT2D eigenvalue weighted by molar-refractivity contribution is 5.35. The number of benzene rings is 1. The summed E-state index contributed by atoms with van der Waals surface area (Å²) in [7, 11) is 2.00. The number of rotatable bonds is 3. The van der Waals surface area contributed by atoms with Crippen LogP contribution in [0.1, 0.15) is 11.1 Å². The van der Waals surface area contributed by atoms with Gasteiger partial charge in [0.05, 0.1) is 18.6 Å². The van der Waals surface area contributed by atoms with Gasteiger partial charge in [-0.05, 0) is 25.1 Å². The molecule has 0 amide bonds. The van der Waals surface area contributed by atoms with Crippen molar-refractivity contribution in [2.24, 2.45) is 0 Å². The molecule has 1 fully saturated rings. The van der Waals surface area contributed by atoms with Gasteiger partial charge >= 0.3 is 0 Å². The summed E-state index contributed by atoms with van der Waals surface area (Å²) in [5.74, 6) is 0. The molecular weight excluding hydrogens is 174 g/mol. The first kappa shape index (κ1) is 9.69. The van der Waals surface area contributed by atoms with Crippen LogP contribution in [0.2, 0.25) is 0 Å². The highest BCUT2D eigenvalue weighted by Crippen LogP contribution is 2.33. The molecule has 2 nitrogen and oxygen atoms in total. The second-order valence-corrected chi connectivity index (χ2v) is 4.12. The fraction of sp³-hybridized carbons (Fsp3) is 0.500. The summed E-state index contributed by atoms with van der Waals surface area (Å²) < 4.78 is 5.36. The smallest absolute Gasteiger partial charge is 0.0598 e. The number of hydrogen-bond donors (Lipinski definition) is 1. The molecule has 0 spiro atoms. The first-order valence-electron chi connectivity index (χ1n) is 5.07. The molecule has 1 N–H and O–H groups in total. The van der Waals surface area contributed by atoms with Crippen LogP contribution in [0.5, 0.6) is 0 Å². The Kier molecular flexibility index (Phi) is 2.57. The quantitative estimate of drug-likeness (QED) is 0.781. The van der Waals surface area contributed by atoms with Crippen molar-refractivity contribution in [2.75, 3.05) is 26.8 Å². The van der Waals surface area contributed by atoms with Gasteiger partial charge in [0.15, 0.2) is 0 Å². The van der Waals surface area contributed by atoms with Crippen molar-refractivity contribution in [2.45, 2.75) is 12.3 Å². The first-order chi connectivity index (χ1) is 6.78. The standard InChI is InChI=1S/C12H17NO/c1-10-5-3-4-6-11(10)12(7-13-2)8-14-9-12/h3-6,13H,7-9H2,1-2H3. The molecule has 1 saturated heterocycles. The molecule has 0 bridgehead atoms. The van der Waals surface area contributed by atoms with E-state index in [-0.39, 0.29) is 5.41 Å². The number of nitrogens with one attached hydrogen (secondary N) is 1. The van der Waals surface area contributed by atoms with Gasteiger partial charge in [-0.2, -0.15) is 0 Å². The van der Waals surface area contributed by atoms with Gasteiger partial charge in [-0.25, -0.2) is 0 Å². The predicted molar refractivity (Wildman–Crippen MR) is 57.6 cm³/mol. The van der Waals surface area contributed by atoms with Crippen molar-refractivity contribution in [3.05, 3.63) is 35.4 Å². The predicted octanol–water partition coefficient (Wildman–Crippen LogP) is 1.48. The Morgan fingerprint density at radius 2 is 2.07 bits per heavy atom. The van der Waals surface area contributed by atoms with E-state index in [0.29, 0.717) is 0 Å². The minimum absolute atomic E-state index is 0.222. The third-order valence-electron chi connectivity index (χ3n) is 2.99. The van der Waals surface area contributed by atoms with Gasteiger partial charge in [-0.15, -0.1) is 0 Å². The molecule has 1 heterocycles. The molecule has 0 aliphatic carbocycles. The molecule has 0 unspecified atom stereocenters. The molecule has 2 rings (SSSR count). The van der Waals surface area contributed by atoms with Crippen LogP contribution in [0, 0.1) is 6.92 Å². The van der Waals surface area contributed by atoms with Crippen LogP contribution in [0.15, 0.2) is 24.3 Å². The average Bonchev–Trinajstić information content (AvgIpc) is 2.13. The molecule has 2 heteroatoms. The van der Waals surface area contributed by atoms with Crippen molar-refractivity contribution < 1.29 is 4.74 Å². The van der Waals surface area contributed by atoms with E-state index in [1.807, 2.05) is 7.05 Å². The van der Waals surface area contributed by atoms with Crippen molar-refractivity contribution >= 4 is 0 Å². The third kappa shape index (κ3) is 1.45. The van der Waals surface area contributed by atoms with Gasteiger partial charge < -0.3 is 10.1 Å². The second-order valence-electron chi connectivity index (χ2n) is 4.12. The van der Waals surface area contributed by atoms with Gasteiger partial charge in [0.25, 0.3) is 0 Å². The molecule has 1 aliphatic rings. The van der Waals surface area contributed by atoms with Crippen LogP contribution < -0.4 is 5.32 Å². The molecule has 0 atom stereocenters. The molecule has 0 aromatic heterocycles.